The molecule has 4 N–H and O–H groups in total. The van der Waals surface area contributed by atoms with Gasteiger partial charge in [-0.2, -0.15) is 0 Å². The Hall–Kier alpha value is -3.99. The quantitative estimate of drug-likeness (QED) is 0.365. The molecule has 0 saturated heterocycles. The highest BCUT2D eigenvalue weighted by Crippen LogP contribution is 2.37. The van der Waals surface area contributed by atoms with Crippen molar-refractivity contribution in [2.45, 2.75) is 19.1 Å². The molecule has 2 aromatic heterocycles. The lowest BCUT2D eigenvalue weighted by Gasteiger charge is -2.28. The van der Waals surface area contributed by atoms with Crippen molar-refractivity contribution in [3.63, 3.8) is 0 Å². The molecule has 1 aromatic carbocycles. The van der Waals surface area contributed by atoms with Gasteiger partial charge in [0.2, 0.25) is 0 Å². The fourth-order valence-electron chi connectivity index (χ4n) is 3.89. The zero-order chi connectivity index (χ0) is 24.4. The third-order valence-corrected chi connectivity index (χ3v) is 5.61. The van der Waals surface area contributed by atoms with Crippen LogP contribution in [-0.2, 0) is 17.8 Å². The van der Waals surface area contributed by atoms with Gasteiger partial charge in [0.15, 0.2) is 17.6 Å². The van der Waals surface area contributed by atoms with Crippen LogP contribution in [0.25, 0.3) is 11.0 Å². The Morgan fingerprint density at radius 2 is 1.97 bits per heavy atom. The Morgan fingerprint density at radius 3 is 2.65 bits per heavy atom. The van der Waals surface area contributed by atoms with E-state index in [2.05, 4.69) is 20.9 Å². The highest BCUT2D eigenvalue weighted by Gasteiger charge is 2.34. The van der Waals surface area contributed by atoms with E-state index in [1.165, 1.54) is 29.9 Å². The maximum atomic E-state index is 13.3. The maximum absolute atomic E-state index is 13.3. The molecule has 2 amide bonds. The van der Waals surface area contributed by atoms with Crippen LogP contribution in [0.4, 0.5) is 4.39 Å². The molecule has 0 saturated carbocycles. The van der Waals surface area contributed by atoms with E-state index in [9.17, 15) is 23.9 Å². The number of nitrogens with zero attached hydrogens (tertiary/aromatic N) is 2. The van der Waals surface area contributed by atoms with Gasteiger partial charge in [0.1, 0.15) is 22.4 Å². The van der Waals surface area contributed by atoms with Crippen LogP contribution in [0.1, 0.15) is 21.5 Å². The summed E-state index contributed by atoms with van der Waals surface area (Å²) in [4.78, 5) is 42.8. The molecule has 34 heavy (non-hydrogen) atoms. The van der Waals surface area contributed by atoms with E-state index in [0.29, 0.717) is 12.1 Å². The number of aromatic nitrogens is 2. The second kappa shape index (κ2) is 9.48. The number of nitrogens with one attached hydrogen (secondary N) is 3. The minimum Gasteiger partial charge on any atom is -0.505 e. The van der Waals surface area contributed by atoms with Crippen LogP contribution in [0.15, 0.2) is 35.3 Å². The van der Waals surface area contributed by atoms with Crippen LogP contribution in [0.5, 0.6) is 11.5 Å². The number of aromatic hydroxyl groups is 1. The maximum Gasteiger partial charge on any atom is 0.268 e. The van der Waals surface area contributed by atoms with E-state index in [-0.39, 0.29) is 42.1 Å². The first-order valence-electron chi connectivity index (χ1n) is 10.7. The Morgan fingerprint density at radius 1 is 1.24 bits per heavy atom. The fourth-order valence-corrected chi connectivity index (χ4v) is 3.89. The molecule has 178 valence electrons. The van der Waals surface area contributed by atoms with Crippen LogP contribution in [0.2, 0.25) is 0 Å². The van der Waals surface area contributed by atoms with Crippen molar-refractivity contribution < 1.29 is 23.8 Å². The average molecular weight is 469 g/mol. The van der Waals surface area contributed by atoms with Crippen molar-refractivity contribution in [3.05, 3.63) is 63.3 Å². The summed E-state index contributed by atoms with van der Waals surface area (Å²) in [7, 11) is 3.16. The van der Waals surface area contributed by atoms with Gasteiger partial charge in [-0.05, 0) is 24.7 Å². The number of likely N-dealkylation sites (N-methyl/N-ethyl adjacent to an activating group) is 2. The zero-order valence-electron chi connectivity index (χ0n) is 18.6. The molecule has 0 radical (unpaired) electrons. The molecule has 3 heterocycles. The lowest BCUT2D eigenvalue weighted by atomic mass is 10.0. The topological polar surface area (TPSA) is 135 Å². The summed E-state index contributed by atoms with van der Waals surface area (Å²) in [6.45, 7) is 0.544. The van der Waals surface area contributed by atoms with Gasteiger partial charge in [-0.1, -0.05) is 12.1 Å². The number of hydrogen-bond donors (Lipinski definition) is 4. The van der Waals surface area contributed by atoms with Gasteiger partial charge in [-0.3, -0.25) is 23.9 Å². The molecule has 4 rings (SSSR count). The molecule has 1 aliphatic heterocycles. The molecule has 1 unspecified atom stereocenters. The van der Waals surface area contributed by atoms with Crippen molar-refractivity contribution in [2.75, 3.05) is 27.2 Å². The number of amides is 2. The minimum atomic E-state index is -1.04. The molecule has 0 aliphatic carbocycles. The molecule has 0 bridgehead atoms. The SMILES string of the molecule is CNCCNC(=O)c1c(O)c2ncc(Cc3ccc(F)cc3)c3c2n(c1=O)CC(C(=O)NC)O3. The van der Waals surface area contributed by atoms with Crippen LogP contribution >= 0.6 is 0 Å². The molecular weight excluding hydrogens is 445 g/mol. The summed E-state index contributed by atoms with van der Waals surface area (Å²) >= 11 is 0. The highest BCUT2D eigenvalue weighted by molar-refractivity contribution is 6.02. The first kappa shape index (κ1) is 23.2. The largest absolute Gasteiger partial charge is 0.505 e. The monoisotopic (exact) mass is 469 g/mol. The Bertz CT molecular complexity index is 1320. The lowest BCUT2D eigenvalue weighted by molar-refractivity contribution is -0.128. The third kappa shape index (κ3) is 4.17. The molecule has 0 fully saturated rings. The summed E-state index contributed by atoms with van der Waals surface area (Å²) in [6, 6.07) is 5.86. The number of carbonyl (C=O) groups is 2. The minimum absolute atomic E-state index is 0.00609. The first-order chi connectivity index (χ1) is 16.3. The van der Waals surface area contributed by atoms with Crippen molar-refractivity contribution in [1.82, 2.24) is 25.5 Å². The van der Waals surface area contributed by atoms with Crippen LogP contribution < -0.4 is 26.2 Å². The predicted octanol–water partition coefficient (Wildman–Crippen LogP) is 0.288. The smallest absolute Gasteiger partial charge is 0.268 e. The number of ether oxygens (including phenoxy) is 1. The second-order valence-electron chi connectivity index (χ2n) is 7.83. The summed E-state index contributed by atoms with van der Waals surface area (Å²) in [5, 5.41) is 18.8. The normalized spacial score (nSPS) is 14.5. The first-order valence-corrected chi connectivity index (χ1v) is 10.7. The fraction of sp³-hybridized carbons (Fsp3) is 0.304. The number of halogens is 1. The van der Waals surface area contributed by atoms with Gasteiger partial charge in [-0.25, -0.2) is 4.39 Å². The standard InChI is InChI=1S/C23H24FN5O5/c1-25-7-8-27-22(32)16-19(30)17-18-20(34-15(21(31)26-2)11-29(18)23(16)33)13(10-28-17)9-12-3-5-14(24)6-4-12/h3-6,10,15,25,30H,7-9,11H2,1-2H3,(H,26,31)(H,27,32). The van der Waals surface area contributed by atoms with E-state index < -0.39 is 34.8 Å². The summed E-state index contributed by atoms with van der Waals surface area (Å²) < 4.78 is 20.5. The molecule has 1 aliphatic rings. The number of rotatable bonds is 7. The van der Waals surface area contributed by atoms with Crippen LogP contribution in [0.3, 0.4) is 0 Å². The Kier molecular flexibility index (Phi) is 6.46. The van der Waals surface area contributed by atoms with Gasteiger partial charge in [0.25, 0.3) is 17.4 Å². The van der Waals surface area contributed by atoms with Crippen LogP contribution in [0, 0.1) is 5.82 Å². The lowest BCUT2D eigenvalue weighted by Crippen LogP contribution is -2.45. The van der Waals surface area contributed by atoms with Crippen molar-refractivity contribution >= 4 is 22.8 Å². The summed E-state index contributed by atoms with van der Waals surface area (Å²) in [5.41, 5.74) is 0.271. The molecule has 11 heteroatoms. The average Bonchev–Trinajstić information content (AvgIpc) is 2.84. The van der Waals surface area contributed by atoms with Gasteiger partial charge in [-0.15, -0.1) is 0 Å². The predicted molar refractivity (Wildman–Crippen MR) is 122 cm³/mol. The van der Waals surface area contributed by atoms with E-state index in [0.717, 1.165) is 5.56 Å². The van der Waals surface area contributed by atoms with Crippen LogP contribution in [-0.4, -0.2) is 59.8 Å². The van der Waals surface area contributed by atoms with Gasteiger partial charge >= 0.3 is 0 Å². The van der Waals surface area contributed by atoms with Crippen molar-refractivity contribution in [2.24, 2.45) is 0 Å². The van der Waals surface area contributed by atoms with Gasteiger partial charge < -0.3 is 25.8 Å². The molecule has 10 nitrogen and oxygen atoms in total. The number of carbonyl (C=O) groups excluding carboxylic acids is 2. The summed E-state index contributed by atoms with van der Waals surface area (Å²) in [6.07, 6.45) is 0.683. The molecule has 1 atom stereocenters. The van der Waals surface area contributed by atoms with Crippen molar-refractivity contribution in [1.29, 1.82) is 0 Å². The van der Waals surface area contributed by atoms with Gasteiger partial charge in [0.05, 0.1) is 6.54 Å². The number of benzene rings is 1. The summed E-state index contributed by atoms with van der Waals surface area (Å²) in [5.74, 6) is -1.94. The van der Waals surface area contributed by atoms with E-state index in [1.54, 1.807) is 19.2 Å². The molecule has 0 spiro atoms. The number of pyridine rings is 2. The molecular formula is C23H24FN5O5. The Balaban J connectivity index is 1.88. The second-order valence-corrected chi connectivity index (χ2v) is 7.83. The zero-order valence-corrected chi connectivity index (χ0v) is 18.6. The third-order valence-electron chi connectivity index (χ3n) is 5.61. The Labute approximate surface area is 193 Å². The van der Waals surface area contributed by atoms with Crippen molar-refractivity contribution in [3.8, 4) is 11.5 Å². The van der Waals surface area contributed by atoms with E-state index in [1.807, 2.05) is 0 Å². The van der Waals surface area contributed by atoms with E-state index in [4.69, 9.17) is 4.74 Å². The van der Waals surface area contributed by atoms with Gasteiger partial charge in [0, 0.05) is 38.3 Å². The highest BCUT2D eigenvalue weighted by atomic mass is 19.1. The number of hydrogen-bond acceptors (Lipinski definition) is 7. The molecule has 3 aromatic rings. The van der Waals surface area contributed by atoms with E-state index >= 15 is 0 Å².